The van der Waals surface area contributed by atoms with E-state index in [9.17, 15) is 4.79 Å². The standard InChI is InChI=1S/C15H14ClN5O2S/c1-10-4-5-11(16)7-13(10)21-15(18-19-20-21)24-9-14(22)17-8-12-3-2-6-23-12/h2-7H,8-9H2,1H3,(H,17,22). The highest BCUT2D eigenvalue weighted by molar-refractivity contribution is 7.99. The topological polar surface area (TPSA) is 85.8 Å². The summed E-state index contributed by atoms with van der Waals surface area (Å²) in [5.41, 5.74) is 1.77. The number of tetrazole rings is 1. The van der Waals surface area contributed by atoms with Crippen molar-refractivity contribution in [2.24, 2.45) is 0 Å². The van der Waals surface area contributed by atoms with Crippen molar-refractivity contribution in [2.45, 2.75) is 18.6 Å². The zero-order valence-electron chi connectivity index (χ0n) is 12.8. The molecule has 0 bridgehead atoms. The third-order valence-corrected chi connectivity index (χ3v) is 4.37. The van der Waals surface area contributed by atoms with Gasteiger partial charge in [0.25, 0.3) is 0 Å². The summed E-state index contributed by atoms with van der Waals surface area (Å²) in [5.74, 6) is 0.766. The highest BCUT2D eigenvalue weighted by atomic mass is 35.5. The minimum Gasteiger partial charge on any atom is -0.467 e. The predicted octanol–water partition coefficient (Wildman–Crippen LogP) is 2.63. The lowest BCUT2D eigenvalue weighted by Gasteiger charge is -2.08. The molecular formula is C15H14ClN5O2S. The second-order valence-electron chi connectivity index (χ2n) is 4.95. The average Bonchev–Trinajstić information content (AvgIpc) is 3.24. The van der Waals surface area contributed by atoms with Crippen molar-refractivity contribution in [3.05, 3.63) is 52.9 Å². The summed E-state index contributed by atoms with van der Waals surface area (Å²) in [5, 5.41) is 15.5. The van der Waals surface area contributed by atoms with Gasteiger partial charge in [0.15, 0.2) is 0 Å². The number of carbonyl (C=O) groups is 1. The van der Waals surface area contributed by atoms with Crippen LogP contribution in [0.2, 0.25) is 5.02 Å². The first-order valence-electron chi connectivity index (χ1n) is 7.10. The molecule has 0 saturated carbocycles. The van der Waals surface area contributed by atoms with Crippen molar-refractivity contribution >= 4 is 29.3 Å². The molecule has 124 valence electrons. The Morgan fingerprint density at radius 1 is 1.42 bits per heavy atom. The molecule has 0 fully saturated rings. The molecule has 0 aliphatic rings. The van der Waals surface area contributed by atoms with Crippen molar-refractivity contribution in [1.29, 1.82) is 0 Å². The molecule has 0 unspecified atom stereocenters. The fraction of sp³-hybridized carbons (Fsp3) is 0.200. The van der Waals surface area contributed by atoms with E-state index in [4.69, 9.17) is 16.0 Å². The van der Waals surface area contributed by atoms with Gasteiger partial charge in [0.1, 0.15) is 5.76 Å². The highest BCUT2D eigenvalue weighted by Crippen LogP contribution is 2.23. The Kier molecular flexibility index (Phi) is 5.17. The van der Waals surface area contributed by atoms with E-state index >= 15 is 0 Å². The van der Waals surface area contributed by atoms with Crippen LogP contribution in [0.1, 0.15) is 11.3 Å². The summed E-state index contributed by atoms with van der Waals surface area (Å²) in [6, 6.07) is 9.06. The molecule has 1 amide bonds. The van der Waals surface area contributed by atoms with E-state index in [0.29, 0.717) is 22.5 Å². The predicted molar refractivity (Wildman–Crippen MR) is 90.2 cm³/mol. The van der Waals surface area contributed by atoms with Crippen molar-refractivity contribution in [3.8, 4) is 5.69 Å². The zero-order valence-corrected chi connectivity index (χ0v) is 14.3. The Bertz CT molecular complexity index is 834. The number of hydrogen-bond donors (Lipinski definition) is 1. The number of aromatic nitrogens is 4. The summed E-state index contributed by atoms with van der Waals surface area (Å²) in [6.45, 7) is 2.29. The minimum atomic E-state index is -0.131. The molecule has 9 heteroatoms. The number of halogens is 1. The van der Waals surface area contributed by atoms with Gasteiger partial charge in [0, 0.05) is 5.02 Å². The molecule has 0 saturated heterocycles. The molecule has 2 heterocycles. The maximum Gasteiger partial charge on any atom is 0.230 e. The van der Waals surface area contributed by atoms with Gasteiger partial charge in [-0.3, -0.25) is 4.79 Å². The number of thioether (sulfide) groups is 1. The summed E-state index contributed by atoms with van der Waals surface area (Å²) in [4.78, 5) is 11.9. The SMILES string of the molecule is Cc1ccc(Cl)cc1-n1nnnc1SCC(=O)NCc1ccco1. The Labute approximate surface area is 147 Å². The normalized spacial score (nSPS) is 10.8. The smallest absolute Gasteiger partial charge is 0.230 e. The van der Waals surface area contributed by atoms with Gasteiger partial charge in [-0.1, -0.05) is 29.4 Å². The van der Waals surface area contributed by atoms with Crippen LogP contribution in [-0.4, -0.2) is 31.9 Å². The van der Waals surface area contributed by atoms with Gasteiger partial charge in [0.05, 0.1) is 24.2 Å². The van der Waals surface area contributed by atoms with Crippen molar-refractivity contribution in [3.63, 3.8) is 0 Å². The lowest BCUT2D eigenvalue weighted by atomic mass is 10.2. The highest BCUT2D eigenvalue weighted by Gasteiger charge is 2.13. The van der Waals surface area contributed by atoms with E-state index in [1.165, 1.54) is 11.8 Å². The average molecular weight is 364 g/mol. The maximum atomic E-state index is 11.9. The van der Waals surface area contributed by atoms with E-state index in [0.717, 1.165) is 11.3 Å². The number of aryl methyl sites for hydroxylation is 1. The number of nitrogens with one attached hydrogen (secondary N) is 1. The van der Waals surface area contributed by atoms with Crippen LogP contribution in [-0.2, 0) is 11.3 Å². The summed E-state index contributed by atoms with van der Waals surface area (Å²) in [6.07, 6.45) is 1.57. The first kappa shape index (κ1) is 16.5. The molecule has 0 atom stereocenters. The van der Waals surface area contributed by atoms with Crippen LogP contribution in [0.15, 0.2) is 46.2 Å². The van der Waals surface area contributed by atoms with Crippen molar-refractivity contribution in [2.75, 3.05) is 5.75 Å². The molecule has 0 aliphatic carbocycles. The van der Waals surface area contributed by atoms with Gasteiger partial charge in [-0.05, 0) is 47.2 Å². The molecule has 1 N–H and O–H groups in total. The first-order chi connectivity index (χ1) is 11.6. The van der Waals surface area contributed by atoms with Crippen LogP contribution in [0.5, 0.6) is 0 Å². The molecule has 0 spiro atoms. The lowest BCUT2D eigenvalue weighted by Crippen LogP contribution is -2.24. The fourth-order valence-electron chi connectivity index (χ4n) is 2.01. The summed E-state index contributed by atoms with van der Waals surface area (Å²) >= 11 is 7.29. The monoisotopic (exact) mass is 363 g/mol. The van der Waals surface area contributed by atoms with Crippen LogP contribution in [0.4, 0.5) is 0 Å². The lowest BCUT2D eigenvalue weighted by molar-refractivity contribution is -0.118. The molecule has 0 radical (unpaired) electrons. The van der Waals surface area contributed by atoms with E-state index < -0.39 is 0 Å². The third-order valence-electron chi connectivity index (χ3n) is 3.21. The van der Waals surface area contributed by atoms with Crippen molar-refractivity contribution < 1.29 is 9.21 Å². The Morgan fingerprint density at radius 2 is 2.29 bits per heavy atom. The molecular weight excluding hydrogens is 350 g/mol. The number of hydrogen-bond acceptors (Lipinski definition) is 6. The Morgan fingerprint density at radius 3 is 3.08 bits per heavy atom. The van der Waals surface area contributed by atoms with Crippen LogP contribution >= 0.6 is 23.4 Å². The third kappa shape index (κ3) is 3.95. The van der Waals surface area contributed by atoms with Gasteiger partial charge < -0.3 is 9.73 Å². The zero-order chi connectivity index (χ0) is 16.9. The van der Waals surface area contributed by atoms with Crippen LogP contribution in [0.25, 0.3) is 5.69 Å². The molecule has 3 rings (SSSR count). The second kappa shape index (κ2) is 7.50. The van der Waals surface area contributed by atoms with E-state index in [1.54, 1.807) is 35.2 Å². The molecule has 3 aromatic rings. The van der Waals surface area contributed by atoms with E-state index in [2.05, 4.69) is 20.8 Å². The van der Waals surface area contributed by atoms with Crippen molar-refractivity contribution in [1.82, 2.24) is 25.5 Å². The van der Waals surface area contributed by atoms with Gasteiger partial charge >= 0.3 is 0 Å². The summed E-state index contributed by atoms with van der Waals surface area (Å²) < 4.78 is 6.74. The van der Waals surface area contributed by atoms with E-state index in [-0.39, 0.29) is 11.7 Å². The number of rotatable bonds is 6. The van der Waals surface area contributed by atoms with E-state index in [1.807, 2.05) is 13.0 Å². The first-order valence-corrected chi connectivity index (χ1v) is 8.46. The fourth-order valence-corrected chi connectivity index (χ4v) is 2.89. The molecule has 7 nitrogen and oxygen atoms in total. The maximum absolute atomic E-state index is 11.9. The van der Waals surface area contributed by atoms with Crippen LogP contribution < -0.4 is 5.32 Å². The number of carbonyl (C=O) groups excluding carboxylic acids is 1. The Balaban J connectivity index is 1.63. The second-order valence-corrected chi connectivity index (χ2v) is 6.33. The summed E-state index contributed by atoms with van der Waals surface area (Å²) in [7, 11) is 0. The molecule has 2 aromatic heterocycles. The largest absolute Gasteiger partial charge is 0.467 e. The number of nitrogens with zero attached hydrogens (tertiary/aromatic N) is 4. The quantitative estimate of drug-likeness (QED) is 0.677. The van der Waals surface area contributed by atoms with Gasteiger partial charge in [0.2, 0.25) is 11.1 Å². The molecule has 1 aromatic carbocycles. The minimum absolute atomic E-state index is 0.131. The van der Waals surface area contributed by atoms with Crippen LogP contribution in [0.3, 0.4) is 0 Å². The number of amides is 1. The molecule has 24 heavy (non-hydrogen) atoms. The van der Waals surface area contributed by atoms with Crippen LogP contribution in [0, 0.1) is 6.92 Å². The van der Waals surface area contributed by atoms with Gasteiger partial charge in [-0.2, -0.15) is 4.68 Å². The van der Waals surface area contributed by atoms with Gasteiger partial charge in [-0.15, -0.1) is 5.10 Å². The number of furan rings is 1. The number of benzene rings is 1. The Hall–Kier alpha value is -2.32. The molecule has 0 aliphatic heterocycles. The van der Waals surface area contributed by atoms with Gasteiger partial charge in [-0.25, -0.2) is 0 Å².